The number of aliphatic hydroxyl groups is 1. The van der Waals surface area contributed by atoms with E-state index in [1.165, 1.54) is 0 Å². The van der Waals surface area contributed by atoms with Crippen molar-refractivity contribution in [3.8, 4) is 0 Å². The number of nitrogens with two attached hydrogens (primary N) is 1. The lowest BCUT2D eigenvalue weighted by atomic mass is 10.1. The summed E-state index contributed by atoms with van der Waals surface area (Å²) in [5.74, 6) is 0. The summed E-state index contributed by atoms with van der Waals surface area (Å²) in [5.41, 5.74) is 7.03. The molecule has 0 radical (unpaired) electrons. The summed E-state index contributed by atoms with van der Waals surface area (Å²) >= 11 is 0. The second kappa shape index (κ2) is 4.33. The van der Waals surface area contributed by atoms with E-state index in [0.717, 1.165) is 16.5 Å². The summed E-state index contributed by atoms with van der Waals surface area (Å²) in [6.07, 6.45) is 5.11. The van der Waals surface area contributed by atoms with E-state index in [4.69, 9.17) is 5.73 Å². The van der Waals surface area contributed by atoms with Crippen LogP contribution in [0.4, 0.5) is 0 Å². The molecule has 0 bridgehead atoms. The molecule has 0 aliphatic heterocycles. The minimum atomic E-state index is -0.528. The van der Waals surface area contributed by atoms with Gasteiger partial charge in [-0.1, -0.05) is 0 Å². The highest BCUT2D eigenvalue weighted by atomic mass is 16.3. The lowest BCUT2D eigenvalue weighted by molar-refractivity contribution is 0.170. The average molecular weight is 203 g/mol. The molecule has 0 amide bonds. The van der Waals surface area contributed by atoms with Gasteiger partial charge in [0.05, 0.1) is 17.8 Å². The van der Waals surface area contributed by atoms with E-state index in [2.05, 4.69) is 9.97 Å². The van der Waals surface area contributed by atoms with E-state index >= 15 is 0 Å². The lowest BCUT2D eigenvalue weighted by Gasteiger charge is -2.09. The van der Waals surface area contributed by atoms with Gasteiger partial charge in [-0.2, -0.15) is 0 Å². The van der Waals surface area contributed by atoms with Crippen LogP contribution in [0.15, 0.2) is 30.7 Å². The Balaban J connectivity index is 2.38. The molecule has 4 heteroatoms. The first-order valence-electron chi connectivity index (χ1n) is 4.89. The van der Waals surface area contributed by atoms with E-state index in [0.29, 0.717) is 13.0 Å². The molecule has 4 nitrogen and oxygen atoms in total. The summed E-state index contributed by atoms with van der Waals surface area (Å²) in [5, 5.41) is 10.7. The summed E-state index contributed by atoms with van der Waals surface area (Å²) in [4.78, 5) is 8.20. The Morgan fingerprint density at radius 2 is 2.27 bits per heavy atom. The standard InChI is InChI=1S/C11H13N3O/c12-3-1-11(15)9-5-8-2-4-13-7-10(8)14-6-9/h2,4-7,11,15H,1,3,12H2. The van der Waals surface area contributed by atoms with Gasteiger partial charge < -0.3 is 10.8 Å². The first-order valence-corrected chi connectivity index (χ1v) is 4.89. The molecule has 2 aromatic rings. The molecule has 0 aliphatic carbocycles. The number of pyridine rings is 2. The monoisotopic (exact) mass is 203 g/mol. The van der Waals surface area contributed by atoms with Crippen LogP contribution in [0.2, 0.25) is 0 Å². The molecule has 2 rings (SSSR count). The summed E-state index contributed by atoms with van der Waals surface area (Å²) in [7, 11) is 0. The topological polar surface area (TPSA) is 72.0 Å². The molecule has 0 spiro atoms. The zero-order chi connectivity index (χ0) is 10.7. The Morgan fingerprint density at radius 3 is 3.07 bits per heavy atom. The number of fused-ring (bicyclic) bond motifs is 1. The van der Waals surface area contributed by atoms with Gasteiger partial charge in [0.1, 0.15) is 0 Å². The van der Waals surface area contributed by atoms with Crippen molar-refractivity contribution in [1.29, 1.82) is 0 Å². The van der Waals surface area contributed by atoms with E-state index in [1.807, 2.05) is 12.1 Å². The molecule has 15 heavy (non-hydrogen) atoms. The van der Waals surface area contributed by atoms with Crippen LogP contribution in [0.25, 0.3) is 10.9 Å². The number of aromatic nitrogens is 2. The Hall–Kier alpha value is -1.52. The van der Waals surface area contributed by atoms with Crippen LogP contribution < -0.4 is 5.73 Å². The van der Waals surface area contributed by atoms with Crippen LogP contribution in [0.1, 0.15) is 18.1 Å². The zero-order valence-corrected chi connectivity index (χ0v) is 8.30. The number of rotatable bonds is 3. The van der Waals surface area contributed by atoms with Crippen molar-refractivity contribution in [1.82, 2.24) is 9.97 Å². The second-order valence-corrected chi connectivity index (χ2v) is 3.43. The fourth-order valence-electron chi connectivity index (χ4n) is 1.49. The van der Waals surface area contributed by atoms with Crippen LogP contribution in [0, 0.1) is 0 Å². The maximum Gasteiger partial charge on any atom is 0.0885 e. The molecule has 1 unspecified atom stereocenters. The fraction of sp³-hybridized carbons (Fsp3) is 0.273. The Bertz CT molecular complexity index is 458. The van der Waals surface area contributed by atoms with Gasteiger partial charge in [-0.25, -0.2) is 0 Å². The lowest BCUT2D eigenvalue weighted by Crippen LogP contribution is -2.06. The van der Waals surface area contributed by atoms with Gasteiger partial charge in [0, 0.05) is 17.8 Å². The smallest absolute Gasteiger partial charge is 0.0885 e. The molecule has 1 atom stereocenters. The van der Waals surface area contributed by atoms with Crippen molar-refractivity contribution in [3.05, 3.63) is 36.3 Å². The summed E-state index contributed by atoms with van der Waals surface area (Å²) in [6.45, 7) is 0.468. The van der Waals surface area contributed by atoms with E-state index in [9.17, 15) is 5.11 Å². The predicted molar refractivity (Wildman–Crippen MR) is 58.2 cm³/mol. The van der Waals surface area contributed by atoms with Crippen LogP contribution in [0.3, 0.4) is 0 Å². The van der Waals surface area contributed by atoms with Crippen molar-refractivity contribution < 1.29 is 5.11 Å². The third-order valence-corrected chi connectivity index (χ3v) is 2.33. The van der Waals surface area contributed by atoms with E-state index in [-0.39, 0.29) is 0 Å². The minimum Gasteiger partial charge on any atom is -0.388 e. The molecule has 0 saturated heterocycles. The van der Waals surface area contributed by atoms with Crippen LogP contribution >= 0.6 is 0 Å². The molecule has 2 aromatic heterocycles. The minimum absolute atomic E-state index is 0.468. The van der Waals surface area contributed by atoms with Crippen molar-refractivity contribution in [3.63, 3.8) is 0 Å². The Kier molecular flexibility index (Phi) is 2.89. The Labute approximate surface area is 87.8 Å². The van der Waals surface area contributed by atoms with Crippen LogP contribution in [0.5, 0.6) is 0 Å². The number of nitrogens with zero attached hydrogens (tertiary/aromatic N) is 2. The van der Waals surface area contributed by atoms with Crippen LogP contribution in [-0.4, -0.2) is 21.6 Å². The zero-order valence-electron chi connectivity index (χ0n) is 8.30. The maximum atomic E-state index is 9.74. The average Bonchev–Trinajstić information content (AvgIpc) is 2.29. The van der Waals surface area contributed by atoms with Crippen molar-refractivity contribution in [2.24, 2.45) is 5.73 Å². The van der Waals surface area contributed by atoms with Gasteiger partial charge in [0.15, 0.2) is 0 Å². The summed E-state index contributed by atoms with van der Waals surface area (Å²) < 4.78 is 0. The number of hydrogen-bond acceptors (Lipinski definition) is 4. The predicted octanol–water partition coefficient (Wildman–Crippen LogP) is 1.01. The third-order valence-electron chi connectivity index (χ3n) is 2.33. The molecule has 0 aromatic carbocycles. The van der Waals surface area contributed by atoms with Gasteiger partial charge in [0.25, 0.3) is 0 Å². The van der Waals surface area contributed by atoms with Gasteiger partial charge >= 0.3 is 0 Å². The molecule has 3 N–H and O–H groups in total. The van der Waals surface area contributed by atoms with Gasteiger partial charge in [-0.15, -0.1) is 0 Å². The molecular weight excluding hydrogens is 190 g/mol. The first kappa shape index (κ1) is 10.0. The molecule has 78 valence electrons. The van der Waals surface area contributed by atoms with Crippen molar-refractivity contribution >= 4 is 10.9 Å². The normalized spacial score (nSPS) is 12.9. The highest BCUT2D eigenvalue weighted by Crippen LogP contribution is 2.19. The molecule has 0 fully saturated rings. The molecule has 0 saturated carbocycles. The van der Waals surface area contributed by atoms with Crippen molar-refractivity contribution in [2.75, 3.05) is 6.54 Å². The largest absolute Gasteiger partial charge is 0.388 e. The highest BCUT2D eigenvalue weighted by Gasteiger charge is 2.07. The van der Waals surface area contributed by atoms with E-state index in [1.54, 1.807) is 18.6 Å². The number of hydrogen-bond donors (Lipinski definition) is 2. The SMILES string of the molecule is NCCC(O)c1cnc2cnccc2c1. The van der Waals surface area contributed by atoms with Crippen LogP contribution in [-0.2, 0) is 0 Å². The summed E-state index contributed by atoms with van der Waals surface area (Å²) in [6, 6.07) is 3.80. The number of aliphatic hydroxyl groups excluding tert-OH is 1. The van der Waals surface area contributed by atoms with Crippen molar-refractivity contribution in [2.45, 2.75) is 12.5 Å². The van der Waals surface area contributed by atoms with Gasteiger partial charge in [0.2, 0.25) is 0 Å². The van der Waals surface area contributed by atoms with E-state index < -0.39 is 6.10 Å². The first-order chi connectivity index (χ1) is 7.31. The van der Waals surface area contributed by atoms with Gasteiger partial charge in [-0.05, 0) is 30.7 Å². The highest BCUT2D eigenvalue weighted by molar-refractivity contribution is 5.77. The molecule has 2 heterocycles. The van der Waals surface area contributed by atoms with Gasteiger partial charge in [-0.3, -0.25) is 9.97 Å². The fourth-order valence-corrected chi connectivity index (χ4v) is 1.49. The third kappa shape index (κ3) is 2.11. The quantitative estimate of drug-likeness (QED) is 0.781. The Morgan fingerprint density at radius 1 is 1.40 bits per heavy atom. The molecular formula is C11H13N3O. The maximum absolute atomic E-state index is 9.74. The second-order valence-electron chi connectivity index (χ2n) is 3.43. The molecule has 0 aliphatic rings.